The summed E-state index contributed by atoms with van der Waals surface area (Å²) in [6.07, 6.45) is 0. The van der Waals surface area contributed by atoms with E-state index in [1.807, 2.05) is 27.7 Å². The van der Waals surface area contributed by atoms with Gasteiger partial charge in [-0.15, -0.1) is 0 Å². The molecule has 0 unspecified atom stereocenters. The van der Waals surface area contributed by atoms with E-state index >= 15 is 0 Å². The fourth-order valence-corrected chi connectivity index (χ4v) is 6.75. The van der Waals surface area contributed by atoms with Gasteiger partial charge in [0.25, 0.3) is 0 Å². The van der Waals surface area contributed by atoms with E-state index in [1.165, 1.54) is 0 Å². The maximum atomic E-state index is 14.1. The third kappa shape index (κ3) is 7.74. The molecule has 0 heterocycles. The lowest BCUT2D eigenvalue weighted by Crippen LogP contribution is -2.22. The van der Waals surface area contributed by atoms with Gasteiger partial charge in [-0.3, -0.25) is 0 Å². The number of rotatable bonds is 10. The van der Waals surface area contributed by atoms with Gasteiger partial charge in [-0.05, 0) is 76.2 Å². The first-order chi connectivity index (χ1) is 17.6. The molecular weight excluding hydrogens is 508 g/mol. The first kappa shape index (κ1) is 26.6. The highest BCUT2D eigenvalue weighted by atomic mass is 31.3. The van der Waals surface area contributed by atoms with E-state index in [0.29, 0.717) is 0 Å². The molecule has 0 spiro atoms. The first-order valence-corrected chi connectivity index (χ1v) is 14.7. The summed E-state index contributed by atoms with van der Waals surface area (Å²) >= 11 is 0. The summed E-state index contributed by atoms with van der Waals surface area (Å²) in [5.41, 5.74) is 3.97. The zero-order chi connectivity index (χ0) is 26.5. The van der Waals surface area contributed by atoms with Gasteiger partial charge >= 0.3 is 15.5 Å². The van der Waals surface area contributed by atoms with E-state index in [0.717, 1.165) is 22.3 Å². The van der Waals surface area contributed by atoms with Crippen molar-refractivity contribution in [3.63, 3.8) is 0 Å². The second kappa shape index (κ2) is 11.3. The summed E-state index contributed by atoms with van der Waals surface area (Å²) in [5, 5.41) is 0. The summed E-state index contributed by atoms with van der Waals surface area (Å²) in [4.78, 5) is 2.48. The van der Waals surface area contributed by atoms with Crippen LogP contribution in [0.1, 0.15) is 22.3 Å². The third-order valence-electron chi connectivity index (χ3n) is 5.23. The van der Waals surface area contributed by atoms with Crippen molar-refractivity contribution in [2.45, 2.75) is 27.7 Å². The Balaban J connectivity index is 1.71. The van der Waals surface area contributed by atoms with Gasteiger partial charge < -0.3 is 18.1 Å². The topological polar surface area (TPSA) is 83.1 Å². The molecule has 0 saturated heterocycles. The zero-order valence-electron chi connectivity index (χ0n) is 21.1. The van der Waals surface area contributed by atoms with Crippen molar-refractivity contribution in [1.29, 1.82) is 0 Å². The first-order valence-electron chi connectivity index (χ1n) is 11.6. The zero-order valence-corrected chi connectivity index (χ0v) is 22.9. The lowest BCUT2D eigenvalue weighted by atomic mass is 10.2. The van der Waals surface area contributed by atoms with Gasteiger partial charge in [0.1, 0.15) is 23.0 Å². The minimum atomic E-state index is -4.37. The predicted molar refractivity (Wildman–Crippen MR) is 146 cm³/mol. The summed E-state index contributed by atoms with van der Waals surface area (Å²) in [5.74, 6) is 1.02. The maximum absolute atomic E-state index is 14.1. The van der Waals surface area contributed by atoms with Crippen LogP contribution >= 0.6 is 15.5 Å². The van der Waals surface area contributed by atoms with Crippen LogP contribution in [0.3, 0.4) is 0 Å². The van der Waals surface area contributed by atoms with E-state index in [2.05, 4.69) is 4.86 Å². The van der Waals surface area contributed by atoms with Gasteiger partial charge in [0.05, 0.1) is 0 Å². The molecule has 4 aromatic rings. The smallest absolute Gasteiger partial charge is 0.404 e. The van der Waals surface area contributed by atoms with Crippen molar-refractivity contribution in [3.05, 3.63) is 119 Å². The van der Waals surface area contributed by atoms with Gasteiger partial charge in [-0.1, -0.05) is 75.6 Å². The number of benzene rings is 4. The maximum Gasteiger partial charge on any atom is 0.524 e. The average molecular weight is 537 g/mol. The van der Waals surface area contributed by atoms with Crippen LogP contribution in [0.5, 0.6) is 23.0 Å². The fraction of sp³-hybridized carbons (Fsp3) is 0.143. The van der Waals surface area contributed by atoms with Crippen LogP contribution in [-0.4, -0.2) is 0 Å². The lowest BCUT2D eigenvalue weighted by molar-refractivity contribution is 0.353. The Bertz CT molecular complexity index is 1210. The van der Waals surface area contributed by atoms with Crippen LogP contribution in [0.4, 0.5) is 0 Å². The molecule has 0 aromatic heterocycles. The molecule has 0 aliphatic carbocycles. The highest BCUT2D eigenvalue weighted by Crippen LogP contribution is 2.57. The largest absolute Gasteiger partial charge is 0.524 e. The van der Waals surface area contributed by atoms with Crippen molar-refractivity contribution < 1.29 is 27.2 Å². The Labute approximate surface area is 217 Å². The second-order valence-corrected chi connectivity index (χ2v) is 12.2. The minimum Gasteiger partial charge on any atom is -0.404 e. The molecule has 0 amide bonds. The van der Waals surface area contributed by atoms with Gasteiger partial charge in [0, 0.05) is 0 Å². The quantitative estimate of drug-likeness (QED) is 0.204. The molecule has 192 valence electrons. The van der Waals surface area contributed by atoms with Crippen LogP contribution in [0.25, 0.3) is 0 Å². The Hall–Kier alpha value is -3.50. The number of nitrogens with one attached hydrogen (secondary N) is 1. The van der Waals surface area contributed by atoms with Crippen LogP contribution in [0.15, 0.2) is 97.1 Å². The SMILES string of the molecule is Cc1ccc(OP(=O)(NP(=O)(Oc2ccc(C)cc2)Oc2ccc(C)cc2)Oc2ccc(C)cc2)cc1. The van der Waals surface area contributed by atoms with Gasteiger partial charge in [0.15, 0.2) is 0 Å². The monoisotopic (exact) mass is 537 g/mol. The minimum absolute atomic E-state index is 0.255. The van der Waals surface area contributed by atoms with Gasteiger partial charge in [-0.2, -0.15) is 0 Å². The van der Waals surface area contributed by atoms with Gasteiger partial charge in [0.2, 0.25) is 0 Å². The van der Waals surface area contributed by atoms with E-state index in [1.54, 1.807) is 97.1 Å². The molecule has 1 N–H and O–H groups in total. The highest BCUT2D eigenvalue weighted by molar-refractivity contribution is 7.68. The van der Waals surface area contributed by atoms with Crippen molar-refractivity contribution in [3.8, 4) is 23.0 Å². The van der Waals surface area contributed by atoms with Crippen molar-refractivity contribution in [2.75, 3.05) is 0 Å². The Morgan fingerprint density at radius 2 is 0.595 bits per heavy atom. The summed E-state index contributed by atoms with van der Waals surface area (Å²) in [7, 11) is -8.74. The van der Waals surface area contributed by atoms with Crippen molar-refractivity contribution >= 4 is 15.5 Å². The molecular formula is C28H29NO6P2. The second-order valence-electron chi connectivity index (χ2n) is 8.71. The number of hydrogen-bond donors (Lipinski definition) is 1. The summed E-state index contributed by atoms with van der Waals surface area (Å²) in [6.45, 7) is 7.68. The van der Waals surface area contributed by atoms with Gasteiger partial charge in [-0.25, -0.2) is 9.13 Å². The molecule has 0 aliphatic heterocycles. The number of hydrogen-bond acceptors (Lipinski definition) is 6. The predicted octanol–water partition coefficient (Wildman–Crippen LogP) is 8.34. The molecule has 37 heavy (non-hydrogen) atoms. The van der Waals surface area contributed by atoms with E-state index in [9.17, 15) is 9.13 Å². The summed E-state index contributed by atoms with van der Waals surface area (Å²) < 4.78 is 51.4. The molecule has 4 aromatic carbocycles. The molecule has 0 fully saturated rings. The Morgan fingerprint density at radius 3 is 0.784 bits per heavy atom. The molecule has 7 nitrogen and oxygen atoms in total. The standard InChI is InChI=1S/C28H29NO6P2/c1-21-5-13-25(14-6-21)32-36(30,33-26-15-7-22(2)8-16-26)29-37(31,34-27-17-9-23(3)10-18-27)35-28-19-11-24(4)12-20-28/h5-20H,1-4H3,(H,29,30,31). The van der Waals surface area contributed by atoms with Crippen molar-refractivity contribution in [2.24, 2.45) is 0 Å². The Kier molecular flexibility index (Phi) is 8.09. The van der Waals surface area contributed by atoms with Crippen LogP contribution in [0.2, 0.25) is 0 Å². The molecule has 9 heteroatoms. The molecule has 0 aliphatic rings. The van der Waals surface area contributed by atoms with Crippen LogP contribution < -0.4 is 23.0 Å². The lowest BCUT2D eigenvalue weighted by Gasteiger charge is -2.25. The third-order valence-corrected chi connectivity index (χ3v) is 9.00. The van der Waals surface area contributed by atoms with E-state index in [-0.39, 0.29) is 23.0 Å². The normalized spacial score (nSPS) is 11.6. The average Bonchev–Trinajstić information content (AvgIpc) is 2.85. The van der Waals surface area contributed by atoms with E-state index in [4.69, 9.17) is 18.1 Å². The van der Waals surface area contributed by atoms with E-state index < -0.39 is 15.5 Å². The van der Waals surface area contributed by atoms with Crippen LogP contribution in [-0.2, 0) is 9.13 Å². The van der Waals surface area contributed by atoms with Crippen molar-refractivity contribution in [1.82, 2.24) is 4.86 Å². The molecule has 0 radical (unpaired) electrons. The molecule has 0 saturated carbocycles. The molecule has 4 rings (SSSR count). The number of aryl methyl sites for hydroxylation is 4. The Morgan fingerprint density at radius 1 is 0.405 bits per heavy atom. The molecule has 0 bridgehead atoms. The fourth-order valence-electron chi connectivity index (χ4n) is 3.22. The molecule has 0 atom stereocenters. The van der Waals surface area contributed by atoms with Crippen LogP contribution in [0, 0.1) is 27.7 Å². The highest BCUT2D eigenvalue weighted by Gasteiger charge is 2.43. The summed E-state index contributed by atoms with van der Waals surface area (Å²) in [6, 6.07) is 27.6.